The predicted molar refractivity (Wildman–Crippen MR) is 67.9 cm³/mol. The smallest absolute Gasteiger partial charge is 0.340 e. The van der Waals surface area contributed by atoms with Gasteiger partial charge in [-0.2, -0.15) is 0 Å². The second kappa shape index (κ2) is 5.48. The minimum absolute atomic E-state index is 0.00483. The van der Waals surface area contributed by atoms with Crippen molar-refractivity contribution < 1.29 is 23.8 Å². The topological polar surface area (TPSA) is 76.5 Å². The lowest BCUT2D eigenvalue weighted by Gasteiger charge is -2.07. The zero-order valence-electron chi connectivity index (χ0n) is 10.5. The van der Waals surface area contributed by atoms with Gasteiger partial charge in [-0.15, -0.1) is 0 Å². The minimum Gasteiger partial charge on any atom is -0.478 e. The fraction of sp³-hybridized carbons (Fsp3) is 0.0714. The fourth-order valence-corrected chi connectivity index (χ4v) is 1.77. The number of methoxy groups -OCH3 is 1. The summed E-state index contributed by atoms with van der Waals surface area (Å²) in [6.45, 7) is 0. The number of carboxylic acid groups (broad SMARTS) is 1. The van der Waals surface area contributed by atoms with Gasteiger partial charge in [0.1, 0.15) is 5.82 Å². The summed E-state index contributed by atoms with van der Waals surface area (Å²) in [5.41, 5.74) is 0.387. The van der Waals surface area contributed by atoms with Gasteiger partial charge in [0.05, 0.1) is 18.2 Å². The number of carbonyl (C=O) groups is 2. The third-order valence-electron chi connectivity index (χ3n) is 2.74. The molecular formula is C14H10FNO4. The number of ether oxygens (including phenoxy) is 1. The van der Waals surface area contributed by atoms with Gasteiger partial charge in [-0.05, 0) is 23.8 Å². The molecule has 6 heteroatoms. The summed E-state index contributed by atoms with van der Waals surface area (Å²) in [5.74, 6) is -2.71. The highest BCUT2D eigenvalue weighted by atomic mass is 19.1. The molecule has 1 aromatic carbocycles. The maximum atomic E-state index is 13.8. The summed E-state index contributed by atoms with van der Waals surface area (Å²) in [6.07, 6.45) is 2.67. The molecule has 0 spiro atoms. The van der Waals surface area contributed by atoms with E-state index in [0.717, 1.165) is 13.2 Å². The van der Waals surface area contributed by atoms with E-state index in [1.165, 1.54) is 30.6 Å². The van der Waals surface area contributed by atoms with E-state index in [1.54, 1.807) is 0 Å². The molecule has 20 heavy (non-hydrogen) atoms. The summed E-state index contributed by atoms with van der Waals surface area (Å²) in [6, 6.07) is 5.09. The van der Waals surface area contributed by atoms with Gasteiger partial charge in [-0.25, -0.2) is 14.0 Å². The minimum atomic E-state index is -1.14. The number of hydrogen-bond acceptors (Lipinski definition) is 4. The lowest BCUT2D eigenvalue weighted by atomic mass is 10.0. The Kier molecular flexibility index (Phi) is 3.74. The quantitative estimate of drug-likeness (QED) is 0.870. The fourth-order valence-electron chi connectivity index (χ4n) is 1.77. The molecule has 1 heterocycles. The number of rotatable bonds is 3. The molecule has 0 aliphatic rings. The van der Waals surface area contributed by atoms with Gasteiger partial charge >= 0.3 is 11.9 Å². The molecule has 0 fully saturated rings. The van der Waals surface area contributed by atoms with Gasteiger partial charge in [0.2, 0.25) is 0 Å². The predicted octanol–water partition coefficient (Wildman–Crippen LogP) is 2.37. The van der Waals surface area contributed by atoms with Crippen LogP contribution in [0, 0.1) is 5.82 Å². The van der Waals surface area contributed by atoms with Gasteiger partial charge in [0, 0.05) is 18.0 Å². The molecule has 102 valence electrons. The molecule has 0 aliphatic heterocycles. The molecule has 0 saturated heterocycles. The van der Waals surface area contributed by atoms with E-state index in [-0.39, 0.29) is 16.7 Å². The standard InChI is InChI=1S/C14H10FNO4/c1-20-14(19)10-3-2-8(6-12(10)15)11-7-16-5-4-9(11)13(17)18/h2-7H,1H3,(H,17,18). The summed E-state index contributed by atoms with van der Waals surface area (Å²) in [7, 11) is 1.15. The average Bonchev–Trinajstić information content (AvgIpc) is 2.46. The molecule has 2 rings (SSSR count). The van der Waals surface area contributed by atoms with Gasteiger partial charge in [-0.1, -0.05) is 6.07 Å². The van der Waals surface area contributed by atoms with Crippen LogP contribution in [0.1, 0.15) is 20.7 Å². The maximum Gasteiger partial charge on any atom is 0.340 e. The first-order valence-corrected chi connectivity index (χ1v) is 5.60. The molecule has 1 aromatic heterocycles. The number of carbonyl (C=O) groups excluding carboxylic acids is 1. The van der Waals surface area contributed by atoms with Crippen LogP contribution in [0.2, 0.25) is 0 Å². The third kappa shape index (κ3) is 2.49. The highest BCUT2D eigenvalue weighted by Gasteiger charge is 2.16. The Hall–Kier alpha value is -2.76. The summed E-state index contributed by atoms with van der Waals surface area (Å²) < 4.78 is 18.3. The highest BCUT2D eigenvalue weighted by Crippen LogP contribution is 2.25. The molecule has 1 N–H and O–H groups in total. The number of esters is 1. The highest BCUT2D eigenvalue weighted by molar-refractivity contribution is 5.96. The Labute approximate surface area is 113 Å². The number of nitrogens with zero attached hydrogens (tertiary/aromatic N) is 1. The molecule has 0 radical (unpaired) electrons. The molecule has 0 amide bonds. The van der Waals surface area contributed by atoms with Crippen LogP contribution in [0.5, 0.6) is 0 Å². The van der Waals surface area contributed by atoms with E-state index < -0.39 is 17.8 Å². The van der Waals surface area contributed by atoms with E-state index in [4.69, 9.17) is 5.11 Å². The Morgan fingerprint density at radius 2 is 2.00 bits per heavy atom. The van der Waals surface area contributed by atoms with Crippen molar-refractivity contribution in [1.82, 2.24) is 4.98 Å². The maximum absolute atomic E-state index is 13.8. The average molecular weight is 275 g/mol. The second-order valence-electron chi connectivity index (χ2n) is 3.91. The Balaban J connectivity index is 2.53. The molecule has 0 saturated carbocycles. The molecular weight excluding hydrogens is 265 g/mol. The van der Waals surface area contributed by atoms with Crippen molar-refractivity contribution in [2.45, 2.75) is 0 Å². The van der Waals surface area contributed by atoms with Crippen LogP contribution in [0.4, 0.5) is 4.39 Å². The van der Waals surface area contributed by atoms with Gasteiger partial charge in [0.15, 0.2) is 0 Å². The Morgan fingerprint density at radius 3 is 2.60 bits per heavy atom. The van der Waals surface area contributed by atoms with Crippen LogP contribution in [0.3, 0.4) is 0 Å². The third-order valence-corrected chi connectivity index (χ3v) is 2.74. The van der Waals surface area contributed by atoms with Crippen molar-refractivity contribution in [1.29, 1.82) is 0 Å². The van der Waals surface area contributed by atoms with Gasteiger partial charge in [-0.3, -0.25) is 4.98 Å². The van der Waals surface area contributed by atoms with Crippen LogP contribution in [-0.2, 0) is 4.74 Å². The first kappa shape index (κ1) is 13.7. The monoisotopic (exact) mass is 275 g/mol. The molecule has 0 bridgehead atoms. The van der Waals surface area contributed by atoms with Crippen molar-refractivity contribution in [3.63, 3.8) is 0 Å². The van der Waals surface area contributed by atoms with Crippen LogP contribution >= 0.6 is 0 Å². The molecule has 0 aliphatic carbocycles. The van der Waals surface area contributed by atoms with Crippen molar-refractivity contribution in [2.75, 3.05) is 7.11 Å². The Bertz CT molecular complexity index is 685. The molecule has 5 nitrogen and oxygen atoms in total. The first-order chi connectivity index (χ1) is 9.54. The summed E-state index contributed by atoms with van der Waals surface area (Å²) in [4.78, 5) is 26.2. The van der Waals surface area contributed by atoms with Crippen LogP contribution in [0.25, 0.3) is 11.1 Å². The molecule has 2 aromatic rings. The van der Waals surface area contributed by atoms with Gasteiger partial charge in [0.25, 0.3) is 0 Å². The number of hydrogen-bond donors (Lipinski definition) is 1. The van der Waals surface area contributed by atoms with E-state index in [9.17, 15) is 14.0 Å². The van der Waals surface area contributed by atoms with E-state index in [0.29, 0.717) is 5.56 Å². The van der Waals surface area contributed by atoms with E-state index >= 15 is 0 Å². The van der Waals surface area contributed by atoms with E-state index in [1.807, 2.05) is 0 Å². The van der Waals surface area contributed by atoms with Crippen molar-refractivity contribution in [2.24, 2.45) is 0 Å². The number of carboxylic acids is 1. The van der Waals surface area contributed by atoms with Crippen LogP contribution in [-0.4, -0.2) is 29.1 Å². The van der Waals surface area contributed by atoms with Crippen LogP contribution < -0.4 is 0 Å². The summed E-state index contributed by atoms with van der Waals surface area (Å²) in [5, 5.41) is 9.08. The first-order valence-electron chi connectivity index (χ1n) is 5.60. The number of aromatic carboxylic acids is 1. The number of benzene rings is 1. The normalized spacial score (nSPS) is 10.1. The van der Waals surface area contributed by atoms with Crippen molar-refractivity contribution >= 4 is 11.9 Å². The van der Waals surface area contributed by atoms with Crippen LogP contribution in [0.15, 0.2) is 36.7 Å². The molecule has 0 atom stereocenters. The zero-order chi connectivity index (χ0) is 14.7. The number of pyridine rings is 1. The lowest BCUT2D eigenvalue weighted by molar-refractivity contribution is 0.0594. The largest absolute Gasteiger partial charge is 0.478 e. The summed E-state index contributed by atoms with van der Waals surface area (Å²) >= 11 is 0. The van der Waals surface area contributed by atoms with Gasteiger partial charge < -0.3 is 9.84 Å². The lowest BCUT2D eigenvalue weighted by Crippen LogP contribution is -2.05. The zero-order valence-corrected chi connectivity index (χ0v) is 10.5. The van der Waals surface area contributed by atoms with Crippen molar-refractivity contribution in [3.8, 4) is 11.1 Å². The molecule has 0 unspecified atom stereocenters. The van der Waals surface area contributed by atoms with E-state index in [2.05, 4.69) is 9.72 Å². The van der Waals surface area contributed by atoms with Crippen molar-refractivity contribution in [3.05, 3.63) is 53.6 Å². The SMILES string of the molecule is COC(=O)c1ccc(-c2cnccc2C(=O)O)cc1F. The second-order valence-corrected chi connectivity index (χ2v) is 3.91. The Morgan fingerprint density at radius 1 is 1.25 bits per heavy atom. The number of aromatic nitrogens is 1. The number of halogens is 1.